The molecule has 0 saturated carbocycles. The Hall–Kier alpha value is -4.73. The molecule has 1 aliphatic heterocycles. The molecule has 0 aliphatic carbocycles. The molecular weight excluding hydrogens is 484 g/mol. The number of carbonyl (C=O) groups is 2. The lowest BCUT2D eigenvalue weighted by atomic mass is 10.1. The third-order valence-corrected chi connectivity index (χ3v) is 6.45. The molecule has 2 aromatic heterocycles. The zero-order chi connectivity index (χ0) is 26.5. The van der Waals surface area contributed by atoms with Crippen LogP contribution in [-0.2, 0) is 14.3 Å². The van der Waals surface area contributed by atoms with Gasteiger partial charge in [0.25, 0.3) is 0 Å². The number of nitrogens with zero attached hydrogens (tertiary/aromatic N) is 5. The van der Waals surface area contributed by atoms with E-state index in [0.29, 0.717) is 41.4 Å². The van der Waals surface area contributed by atoms with E-state index in [4.69, 9.17) is 20.3 Å². The van der Waals surface area contributed by atoms with Crippen LogP contribution < -0.4 is 10.5 Å². The number of benzene rings is 2. The van der Waals surface area contributed by atoms with Crippen LogP contribution in [0.25, 0.3) is 22.3 Å². The maximum absolute atomic E-state index is 12.8. The van der Waals surface area contributed by atoms with Crippen molar-refractivity contribution in [2.75, 3.05) is 25.4 Å². The first-order valence-electron chi connectivity index (χ1n) is 12.4. The Balaban J connectivity index is 1.38. The molecule has 194 valence electrons. The highest BCUT2D eigenvalue weighted by Crippen LogP contribution is 2.35. The molecule has 1 amide bonds. The second-order valence-electron chi connectivity index (χ2n) is 8.95. The van der Waals surface area contributed by atoms with Crippen molar-refractivity contribution in [3.8, 4) is 22.8 Å². The fraction of sp³-hybridized carbons (Fsp3) is 0.250. The number of nitrogen functional groups attached to an aromatic ring is 1. The summed E-state index contributed by atoms with van der Waals surface area (Å²) in [5, 5.41) is 5.59. The largest absolute Gasteiger partial charge is 0.462 e. The highest BCUT2D eigenvalue weighted by atomic mass is 16.5. The molecule has 0 radical (unpaired) electrons. The summed E-state index contributed by atoms with van der Waals surface area (Å²) < 4.78 is 12.7. The lowest BCUT2D eigenvalue weighted by molar-refractivity contribution is -0.140. The van der Waals surface area contributed by atoms with E-state index in [1.807, 2.05) is 59.3 Å². The summed E-state index contributed by atoms with van der Waals surface area (Å²) >= 11 is 0. The summed E-state index contributed by atoms with van der Waals surface area (Å²) in [6.45, 7) is 4.49. The van der Waals surface area contributed by atoms with Crippen LogP contribution in [0.3, 0.4) is 0 Å². The molecule has 1 atom stereocenters. The van der Waals surface area contributed by atoms with Crippen LogP contribution in [0.4, 0.5) is 5.82 Å². The number of fused-ring (bicyclic) bond motifs is 1. The Morgan fingerprint density at radius 2 is 1.84 bits per heavy atom. The fourth-order valence-electron chi connectivity index (χ4n) is 4.59. The number of aromatic nitrogens is 4. The number of hydrogen-bond donors (Lipinski definition) is 1. The highest BCUT2D eigenvalue weighted by Gasteiger charge is 2.28. The molecule has 1 fully saturated rings. The van der Waals surface area contributed by atoms with E-state index >= 15 is 0 Å². The van der Waals surface area contributed by atoms with Crippen LogP contribution in [0, 0.1) is 0 Å². The Labute approximate surface area is 219 Å². The lowest BCUT2D eigenvalue weighted by Crippen LogP contribution is -2.41. The van der Waals surface area contributed by atoms with Crippen LogP contribution in [0.15, 0.2) is 73.6 Å². The monoisotopic (exact) mass is 512 g/mol. The molecule has 3 heterocycles. The number of likely N-dealkylation sites (tertiary alicyclic amines) is 1. The van der Waals surface area contributed by atoms with E-state index in [0.717, 1.165) is 30.2 Å². The molecule has 10 heteroatoms. The average Bonchev–Trinajstić information content (AvgIpc) is 3.35. The zero-order valence-electron chi connectivity index (χ0n) is 20.8. The van der Waals surface area contributed by atoms with Crippen LogP contribution in [0.2, 0.25) is 0 Å². The predicted molar refractivity (Wildman–Crippen MR) is 142 cm³/mol. The quantitative estimate of drug-likeness (QED) is 0.276. The molecular formula is C28H28N6O4. The van der Waals surface area contributed by atoms with Crippen molar-refractivity contribution in [2.45, 2.75) is 25.3 Å². The highest BCUT2D eigenvalue weighted by molar-refractivity contribution is 5.98. The fourth-order valence-corrected chi connectivity index (χ4v) is 4.59. The first-order valence-corrected chi connectivity index (χ1v) is 12.4. The van der Waals surface area contributed by atoms with Crippen LogP contribution in [0.5, 0.6) is 11.5 Å². The molecule has 38 heavy (non-hydrogen) atoms. The third-order valence-electron chi connectivity index (χ3n) is 6.45. The van der Waals surface area contributed by atoms with E-state index in [1.165, 1.54) is 6.33 Å². The van der Waals surface area contributed by atoms with Gasteiger partial charge in [0, 0.05) is 24.7 Å². The van der Waals surface area contributed by atoms with Crippen molar-refractivity contribution >= 4 is 28.7 Å². The number of esters is 1. The molecule has 1 saturated heterocycles. The maximum Gasteiger partial charge on any atom is 0.330 e. The number of rotatable bonds is 8. The summed E-state index contributed by atoms with van der Waals surface area (Å²) in [6, 6.07) is 17.1. The van der Waals surface area contributed by atoms with Gasteiger partial charge in [0.15, 0.2) is 5.65 Å². The topological polar surface area (TPSA) is 125 Å². The maximum atomic E-state index is 12.8. The summed E-state index contributed by atoms with van der Waals surface area (Å²) in [6.07, 6.45) is 4.27. The lowest BCUT2D eigenvalue weighted by Gasteiger charge is -2.33. The molecule has 10 nitrogen and oxygen atoms in total. The van der Waals surface area contributed by atoms with Crippen molar-refractivity contribution in [3.05, 3.63) is 73.6 Å². The summed E-state index contributed by atoms with van der Waals surface area (Å²) in [5.74, 6) is 1.18. The normalized spacial score (nSPS) is 15.3. The number of piperidine rings is 1. The van der Waals surface area contributed by atoms with E-state index in [-0.39, 0.29) is 25.0 Å². The van der Waals surface area contributed by atoms with Gasteiger partial charge in [-0.15, -0.1) is 0 Å². The molecule has 0 spiro atoms. The van der Waals surface area contributed by atoms with Gasteiger partial charge in [0.05, 0.1) is 17.8 Å². The number of carbonyl (C=O) groups excluding carboxylic acids is 2. The van der Waals surface area contributed by atoms with Gasteiger partial charge in [-0.3, -0.25) is 4.79 Å². The second-order valence-corrected chi connectivity index (χ2v) is 8.95. The predicted octanol–water partition coefficient (Wildman–Crippen LogP) is 4.15. The van der Waals surface area contributed by atoms with Gasteiger partial charge in [-0.2, -0.15) is 5.10 Å². The number of anilines is 1. The average molecular weight is 513 g/mol. The minimum absolute atomic E-state index is 0.0213. The Bertz CT molecular complexity index is 1450. The van der Waals surface area contributed by atoms with Gasteiger partial charge in [0.1, 0.15) is 35.9 Å². The number of nitrogens with two attached hydrogens (primary N) is 1. The summed E-state index contributed by atoms with van der Waals surface area (Å²) in [4.78, 5) is 34.5. The van der Waals surface area contributed by atoms with Gasteiger partial charge >= 0.3 is 5.97 Å². The van der Waals surface area contributed by atoms with Crippen molar-refractivity contribution in [2.24, 2.45) is 0 Å². The standard InChI is InChI=1S/C28H28N6O4/c1-2-24(36)37-16-14-23(35)33-15-6-7-20(17-33)34-28-25(27(29)30-18-31-28)26(32-34)19-10-12-22(13-11-19)38-21-8-4-3-5-9-21/h2-5,8-13,18,20H,1,6-7,14-17H2,(H2,29,30,31)/t20-/m1/s1. The Morgan fingerprint density at radius 3 is 2.61 bits per heavy atom. The zero-order valence-corrected chi connectivity index (χ0v) is 20.8. The third kappa shape index (κ3) is 5.34. The Kier molecular flexibility index (Phi) is 7.30. The van der Waals surface area contributed by atoms with Crippen molar-refractivity contribution in [1.29, 1.82) is 0 Å². The van der Waals surface area contributed by atoms with Crippen LogP contribution >= 0.6 is 0 Å². The minimum atomic E-state index is -0.540. The molecule has 2 N–H and O–H groups in total. The molecule has 0 unspecified atom stereocenters. The smallest absolute Gasteiger partial charge is 0.330 e. The van der Waals surface area contributed by atoms with Gasteiger partial charge in [0.2, 0.25) is 5.91 Å². The first-order chi connectivity index (χ1) is 18.5. The van der Waals surface area contributed by atoms with Crippen LogP contribution in [-0.4, -0.2) is 56.2 Å². The molecule has 0 bridgehead atoms. The summed E-state index contributed by atoms with van der Waals surface area (Å²) in [7, 11) is 0. The molecule has 4 aromatic rings. The molecule has 5 rings (SSSR count). The second kappa shape index (κ2) is 11.1. The Morgan fingerprint density at radius 1 is 1.08 bits per heavy atom. The summed E-state index contributed by atoms with van der Waals surface area (Å²) in [5.41, 5.74) is 8.44. The van der Waals surface area contributed by atoms with Gasteiger partial charge in [-0.25, -0.2) is 19.4 Å². The van der Waals surface area contributed by atoms with Crippen molar-refractivity contribution in [3.63, 3.8) is 0 Å². The van der Waals surface area contributed by atoms with E-state index in [2.05, 4.69) is 16.5 Å². The SMILES string of the molecule is C=CC(=O)OCCC(=O)N1CCC[C@@H](n2nc(-c3ccc(Oc4ccccc4)cc3)c3c(N)ncnc32)C1. The van der Waals surface area contributed by atoms with Gasteiger partial charge in [-0.1, -0.05) is 24.8 Å². The van der Waals surface area contributed by atoms with Crippen molar-refractivity contribution in [1.82, 2.24) is 24.6 Å². The minimum Gasteiger partial charge on any atom is -0.462 e. The number of hydrogen-bond acceptors (Lipinski definition) is 8. The number of amides is 1. The van der Waals surface area contributed by atoms with Crippen LogP contribution in [0.1, 0.15) is 25.3 Å². The van der Waals surface area contributed by atoms with E-state index < -0.39 is 5.97 Å². The van der Waals surface area contributed by atoms with Crippen molar-refractivity contribution < 1.29 is 19.1 Å². The molecule has 1 aliphatic rings. The van der Waals surface area contributed by atoms with Gasteiger partial charge < -0.3 is 20.1 Å². The number of ether oxygens (including phenoxy) is 2. The van der Waals surface area contributed by atoms with Gasteiger partial charge in [-0.05, 0) is 49.2 Å². The van der Waals surface area contributed by atoms with E-state index in [9.17, 15) is 9.59 Å². The first kappa shape index (κ1) is 24.9. The van der Waals surface area contributed by atoms with E-state index in [1.54, 1.807) is 4.90 Å². The number of para-hydroxylation sites is 1. The molecule has 2 aromatic carbocycles.